The molecule has 3 nitrogen and oxygen atoms in total. The summed E-state index contributed by atoms with van der Waals surface area (Å²) in [4.78, 5) is 0. The molecule has 0 N–H and O–H groups in total. The van der Waals surface area contributed by atoms with Crippen LogP contribution < -0.4 is 0 Å². The Labute approximate surface area is 89.1 Å². The number of nitrogens with zero attached hydrogens (tertiary/aromatic N) is 3. The molecule has 14 heavy (non-hydrogen) atoms. The minimum absolute atomic E-state index is 0.0890. The molecule has 2 aromatic rings. The third kappa shape index (κ3) is 1.58. The second-order valence-electron chi connectivity index (χ2n) is 2.57. The molecule has 1 heterocycles. The van der Waals surface area contributed by atoms with E-state index in [0.29, 0.717) is 5.02 Å². The summed E-state index contributed by atoms with van der Waals surface area (Å²) in [5.74, 6) is -0.434. The van der Waals surface area contributed by atoms with Crippen molar-refractivity contribution in [1.29, 1.82) is 0 Å². The lowest BCUT2D eigenvalue weighted by atomic mass is 10.3. The SMILES string of the molecule is Fc1ccc(Cl)cc1-n1cnnc1Cl. The summed E-state index contributed by atoms with van der Waals surface area (Å²) in [6, 6.07) is 4.17. The summed E-state index contributed by atoms with van der Waals surface area (Å²) in [5, 5.41) is 7.58. The van der Waals surface area contributed by atoms with Crippen LogP contribution in [-0.2, 0) is 0 Å². The number of hydrogen-bond acceptors (Lipinski definition) is 2. The van der Waals surface area contributed by atoms with E-state index in [1.54, 1.807) is 0 Å². The maximum Gasteiger partial charge on any atom is 0.229 e. The molecule has 0 atom stereocenters. The van der Waals surface area contributed by atoms with Gasteiger partial charge in [-0.3, -0.25) is 4.57 Å². The molecule has 1 aromatic carbocycles. The van der Waals surface area contributed by atoms with Crippen molar-refractivity contribution in [3.8, 4) is 5.69 Å². The standard InChI is InChI=1S/C8H4Cl2FN3/c9-5-1-2-6(11)7(3-5)14-4-12-13-8(14)10/h1-4H. The Bertz CT molecular complexity index is 469. The Kier molecular flexibility index (Phi) is 2.39. The average molecular weight is 232 g/mol. The van der Waals surface area contributed by atoms with E-state index >= 15 is 0 Å². The first kappa shape index (κ1) is 9.43. The zero-order chi connectivity index (χ0) is 10.1. The first-order chi connectivity index (χ1) is 6.68. The molecule has 0 saturated carbocycles. The van der Waals surface area contributed by atoms with E-state index in [1.165, 1.54) is 29.1 Å². The number of rotatable bonds is 1. The zero-order valence-corrected chi connectivity index (χ0v) is 8.30. The predicted molar refractivity (Wildman–Crippen MR) is 51.3 cm³/mol. The fourth-order valence-electron chi connectivity index (χ4n) is 1.05. The molecule has 2 rings (SSSR count). The van der Waals surface area contributed by atoms with Crippen molar-refractivity contribution in [2.75, 3.05) is 0 Å². The van der Waals surface area contributed by atoms with Gasteiger partial charge >= 0.3 is 0 Å². The van der Waals surface area contributed by atoms with Crippen molar-refractivity contribution in [1.82, 2.24) is 14.8 Å². The third-order valence-electron chi connectivity index (χ3n) is 1.67. The maximum absolute atomic E-state index is 13.3. The van der Waals surface area contributed by atoms with E-state index in [1.807, 2.05) is 0 Å². The molecular formula is C8H4Cl2FN3. The summed E-state index contributed by atoms with van der Waals surface area (Å²) in [6.07, 6.45) is 1.32. The van der Waals surface area contributed by atoms with Crippen molar-refractivity contribution in [2.45, 2.75) is 0 Å². The molecule has 0 spiro atoms. The number of hydrogen-bond donors (Lipinski definition) is 0. The van der Waals surface area contributed by atoms with Crippen LogP contribution >= 0.6 is 23.2 Å². The summed E-state index contributed by atoms with van der Waals surface area (Å²) in [6.45, 7) is 0. The van der Waals surface area contributed by atoms with E-state index in [0.717, 1.165) is 0 Å². The Morgan fingerprint density at radius 2 is 2.07 bits per heavy atom. The summed E-state index contributed by atoms with van der Waals surface area (Å²) >= 11 is 11.4. The van der Waals surface area contributed by atoms with Gasteiger partial charge in [-0.05, 0) is 29.8 Å². The number of halogens is 3. The fourth-order valence-corrected chi connectivity index (χ4v) is 1.40. The minimum atomic E-state index is -0.434. The molecule has 0 amide bonds. The van der Waals surface area contributed by atoms with Gasteiger partial charge in [0.1, 0.15) is 12.1 Å². The fraction of sp³-hybridized carbons (Fsp3) is 0. The lowest BCUT2D eigenvalue weighted by molar-refractivity contribution is 0.618. The summed E-state index contributed by atoms with van der Waals surface area (Å²) in [5.41, 5.74) is 0.229. The second kappa shape index (κ2) is 3.55. The summed E-state index contributed by atoms with van der Waals surface area (Å²) < 4.78 is 14.6. The molecule has 0 saturated heterocycles. The van der Waals surface area contributed by atoms with Crippen molar-refractivity contribution < 1.29 is 4.39 Å². The molecule has 0 unspecified atom stereocenters. The van der Waals surface area contributed by atoms with Gasteiger partial charge < -0.3 is 0 Å². The van der Waals surface area contributed by atoms with Crippen LogP contribution in [-0.4, -0.2) is 14.8 Å². The van der Waals surface area contributed by atoms with E-state index in [9.17, 15) is 4.39 Å². The molecule has 0 fully saturated rings. The van der Waals surface area contributed by atoms with Gasteiger partial charge in [0.15, 0.2) is 0 Å². The van der Waals surface area contributed by atoms with Crippen molar-refractivity contribution in [2.24, 2.45) is 0 Å². The van der Waals surface area contributed by atoms with Gasteiger partial charge in [-0.15, -0.1) is 10.2 Å². The number of aromatic nitrogens is 3. The second-order valence-corrected chi connectivity index (χ2v) is 3.34. The topological polar surface area (TPSA) is 30.7 Å². The van der Waals surface area contributed by atoms with Crippen molar-refractivity contribution in [3.05, 3.63) is 40.6 Å². The van der Waals surface area contributed by atoms with E-state index < -0.39 is 5.82 Å². The van der Waals surface area contributed by atoms with Gasteiger partial charge in [0, 0.05) is 5.02 Å². The molecule has 6 heteroatoms. The average Bonchev–Trinajstić information content (AvgIpc) is 2.56. The largest absolute Gasteiger partial charge is 0.269 e. The predicted octanol–water partition coefficient (Wildman–Crippen LogP) is 2.71. The van der Waals surface area contributed by atoms with Crippen molar-refractivity contribution >= 4 is 23.2 Å². The van der Waals surface area contributed by atoms with Gasteiger partial charge in [-0.25, -0.2) is 4.39 Å². The van der Waals surface area contributed by atoms with Crippen LogP contribution in [0, 0.1) is 5.82 Å². The highest BCUT2D eigenvalue weighted by Gasteiger charge is 2.08. The van der Waals surface area contributed by atoms with Crippen LogP contribution in [0.5, 0.6) is 0 Å². The monoisotopic (exact) mass is 231 g/mol. The number of benzene rings is 1. The molecule has 72 valence electrons. The minimum Gasteiger partial charge on any atom is -0.269 e. The Morgan fingerprint density at radius 1 is 1.29 bits per heavy atom. The lowest BCUT2D eigenvalue weighted by Gasteiger charge is -2.04. The van der Waals surface area contributed by atoms with Gasteiger partial charge in [-0.2, -0.15) is 0 Å². The molecule has 0 bridgehead atoms. The molecule has 1 aromatic heterocycles. The molecule has 0 aliphatic carbocycles. The van der Waals surface area contributed by atoms with Crippen LogP contribution in [0.25, 0.3) is 5.69 Å². The zero-order valence-electron chi connectivity index (χ0n) is 6.78. The lowest BCUT2D eigenvalue weighted by Crippen LogP contribution is -1.96. The normalized spacial score (nSPS) is 10.5. The first-order valence-electron chi connectivity index (χ1n) is 3.69. The van der Waals surface area contributed by atoms with E-state index in [2.05, 4.69) is 10.2 Å². The van der Waals surface area contributed by atoms with Crippen molar-refractivity contribution in [3.63, 3.8) is 0 Å². The quantitative estimate of drug-likeness (QED) is 0.756. The Hall–Kier alpha value is -1.13. The smallest absolute Gasteiger partial charge is 0.229 e. The van der Waals surface area contributed by atoms with Crippen LogP contribution in [0.15, 0.2) is 24.5 Å². The van der Waals surface area contributed by atoms with Gasteiger partial charge in [0.2, 0.25) is 5.28 Å². The molecule has 0 radical (unpaired) electrons. The summed E-state index contributed by atoms with van der Waals surface area (Å²) in [7, 11) is 0. The molecule has 0 aliphatic rings. The Morgan fingerprint density at radius 3 is 2.71 bits per heavy atom. The van der Waals surface area contributed by atoms with Gasteiger partial charge in [0.05, 0.1) is 5.69 Å². The highest BCUT2D eigenvalue weighted by molar-refractivity contribution is 6.31. The van der Waals surface area contributed by atoms with Crippen LogP contribution in [0.1, 0.15) is 0 Å². The van der Waals surface area contributed by atoms with Gasteiger partial charge in [0.25, 0.3) is 0 Å². The highest BCUT2D eigenvalue weighted by Crippen LogP contribution is 2.20. The molecular weight excluding hydrogens is 228 g/mol. The van der Waals surface area contributed by atoms with Gasteiger partial charge in [-0.1, -0.05) is 11.6 Å². The van der Waals surface area contributed by atoms with Crippen LogP contribution in [0.2, 0.25) is 10.3 Å². The van der Waals surface area contributed by atoms with E-state index in [-0.39, 0.29) is 11.0 Å². The van der Waals surface area contributed by atoms with Crippen LogP contribution in [0.3, 0.4) is 0 Å². The maximum atomic E-state index is 13.3. The Balaban J connectivity index is 2.62. The highest BCUT2D eigenvalue weighted by atomic mass is 35.5. The first-order valence-corrected chi connectivity index (χ1v) is 4.45. The third-order valence-corrected chi connectivity index (χ3v) is 2.17. The molecule has 0 aliphatic heterocycles. The van der Waals surface area contributed by atoms with Crippen LogP contribution in [0.4, 0.5) is 4.39 Å². The van der Waals surface area contributed by atoms with E-state index in [4.69, 9.17) is 23.2 Å².